The van der Waals surface area contributed by atoms with Gasteiger partial charge in [-0.15, -0.1) is 0 Å². The second kappa shape index (κ2) is 4.81. The predicted octanol–water partition coefficient (Wildman–Crippen LogP) is 3.35. The van der Waals surface area contributed by atoms with Gasteiger partial charge < -0.3 is 10.2 Å². The van der Waals surface area contributed by atoms with E-state index in [4.69, 9.17) is 10.2 Å². The van der Waals surface area contributed by atoms with Gasteiger partial charge in [-0.1, -0.05) is 36.4 Å². The lowest BCUT2D eigenvalue weighted by Gasteiger charge is -1.92. The van der Waals surface area contributed by atoms with Crippen molar-refractivity contribution in [2.75, 3.05) is 6.54 Å². The third-order valence-electron chi connectivity index (χ3n) is 2.43. The molecule has 1 aromatic heterocycles. The highest BCUT2D eigenvalue weighted by Crippen LogP contribution is 2.24. The van der Waals surface area contributed by atoms with Crippen LogP contribution >= 0.6 is 0 Å². The molecule has 16 heavy (non-hydrogen) atoms. The molecule has 0 bridgehead atoms. The van der Waals surface area contributed by atoms with E-state index in [0.29, 0.717) is 6.54 Å². The van der Waals surface area contributed by atoms with Gasteiger partial charge in [0.1, 0.15) is 11.3 Å². The standard InChI is InChI=1S/C14H15NO/c1-11(6-4-5-9-15)14-10-12-7-2-3-8-13(12)16-14/h2-8,10H,9,15H2,1H3. The summed E-state index contributed by atoms with van der Waals surface area (Å²) >= 11 is 0. The molecule has 2 nitrogen and oxygen atoms in total. The van der Waals surface area contributed by atoms with Gasteiger partial charge >= 0.3 is 0 Å². The van der Waals surface area contributed by atoms with Crippen LogP contribution in [-0.2, 0) is 0 Å². The van der Waals surface area contributed by atoms with Crippen molar-refractivity contribution in [1.29, 1.82) is 0 Å². The third-order valence-corrected chi connectivity index (χ3v) is 2.43. The first-order valence-electron chi connectivity index (χ1n) is 5.33. The van der Waals surface area contributed by atoms with E-state index in [2.05, 4.69) is 6.07 Å². The van der Waals surface area contributed by atoms with Crippen molar-refractivity contribution in [3.8, 4) is 0 Å². The van der Waals surface area contributed by atoms with E-state index < -0.39 is 0 Å². The smallest absolute Gasteiger partial charge is 0.134 e. The fraction of sp³-hybridized carbons (Fsp3) is 0.143. The maximum atomic E-state index is 5.73. The van der Waals surface area contributed by atoms with Gasteiger partial charge in [0.25, 0.3) is 0 Å². The van der Waals surface area contributed by atoms with Crippen LogP contribution in [0.4, 0.5) is 0 Å². The van der Waals surface area contributed by atoms with E-state index >= 15 is 0 Å². The van der Waals surface area contributed by atoms with E-state index in [9.17, 15) is 0 Å². The Bertz CT molecular complexity index is 501. The van der Waals surface area contributed by atoms with Gasteiger partial charge in [-0.05, 0) is 24.6 Å². The number of hydrogen-bond donors (Lipinski definition) is 1. The third kappa shape index (κ3) is 2.23. The van der Waals surface area contributed by atoms with E-state index in [1.54, 1.807) is 0 Å². The summed E-state index contributed by atoms with van der Waals surface area (Å²) in [5.74, 6) is 0.905. The molecule has 0 saturated heterocycles. The maximum absolute atomic E-state index is 5.73. The van der Waals surface area contributed by atoms with Crippen LogP contribution in [0.5, 0.6) is 0 Å². The van der Waals surface area contributed by atoms with Gasteiger partial charge in [0.05, 0.1) is 0 Å². The van der Waals surface area contributed by atoms with Crippen molar-refractivity contribution in [2.45, 2.75) is 6.92 Å². The normalized spacial score (nSPS) is 12.8. The second-order valence-electron chi connectivity index (χ2n) is 3.66. The Morgan fingerprint density at radius 3 is 2.94 bits per heavy atom. The number of para-hydroxylation sites is 1. The fourth-order valence-corrected chi connectivity index (χ4v) is 1.55. The molecule has 0 atom stereocenters. The molecule has 0 aliphatic rings. The Morgan fingerprint density at radius 1 is 1.38 bits per heavy atom. The predicted molar refractivity (Wildman–Crippen MR) is 68.1 cm³/mol. The summed E-state index contributed by atoms with van der Waals surface area (Å²) < 4.78 is 5.73. The van der Waals surface area contributed by atoms with Gasteiger partial charge in [0.2, 0.25) is 0 Å². The van der Waals surface area contributed by atoms with Crippen LogP contribution in [0, 0.1) is 0 Å². The number of fused-ring (bicyclic) bond motifs is 1. The van der Waals surface area contributed by atoms with Crippen molar-refractivity contribution < 1.29 is 4.42 Å². The monoisotopic (exact) mass is 213 g/mol. The van der Waals surface area contributed by atoms with Crippen molar-refractivity contribution >= 4 is 16.5 Å². The summed E-state index contributed by atoms with van der Waals surface area (Å²) in [4.78, 5) is 0. The van der Waals surface area contributed by atoms with Gasteiger partial charge in [0, 0.05) is 11.9 Å². The molecular formula is C14H15NO. The summed E-state index contributed by atoms with van der Waals surface area (Å²) in [7, 11) is 0. The molecule has 0 fully saturated rings. The van der Waals surface area contributed by atoms with Gasteiger partial charge in [-0.3, -0.25) is 0 Å². The Kier molecular flexibility index (Phi) is 3.22. The number of allylic oxidation sites excluding steroid dienone is 3. The molecule has 0 spiro atoms. The second-order valence-corrected chi connectivity index (χ2v) is 3.66. The Balaban J connectivity index is 2.33. The van der Waals surface area contributed by atoms with Crippen LogP contribution in [0.2, 0.25) is 0 Å². The van der Waals surface area contributed by atoms with Crippen molar-refractivity contribution in [1.82, 2.24) is 0 Å². The maximum Gasteiger partial charge on any atom is 0.134 e. The minimum atomic E-state index is 0.559. The molecule has 82 valence electrons. The van der Waals surface area contributed by atoms with Crippen molar-refractivity contribution in [2.24, 2.45) is 5.73 Å². The van der Waals surface area contributed by atoms with E-state index in [1.165, 1.54) is 0 Å². The first-order valence-corrected chi connectivity index (χ1v) is 5.33. The lowest BCUT2D eigenvalue weighted by atomic mass is 10.2. The highest BCUT2D eigenvalue weighted by molar-refractivity contribution is 5.81. The SMILES string of the molecule is CC(=CC=CCN)c1cc2ccccc2o1. The molecule has 0 aliphatic heterocycles. The molecule has 0 aliphatic carbocycles. The first-order chi connectivity index (χ1) is 7.81. The summed E-state index contributed by atoms with van der Waals surface area (Å²) in [6, 6.07) is 10.1. The average Bonchev–Trinajstić information content (AvgIpc) is 2.73. The molecule has 0 saturated carbocycles. The number of rotatable bonds is 3. The number of hydrogen-bond acceptors (Lipinski definition) is 2. The van der Waals surface area contributed by atoms with E-state index in [-0.39, 0.29) is 0 Å². The molecule has 2 aromatic rings. The van der Waals surface area contributed by atoms with Gasteiger partial charge in [-0.2, -0.15) is 0 Å². The van der Waals surface area contributed by atoms with E-state index in [0.717, 1.165) is 22.3 Å². The minimum absolute atomic E-state index is 0.559. The van der Waals surface area contributed by atoms with Gasteiger partial charge in [0.15, 0.2) is 0 Å². The summed E-state index contributed by atoms with van der Waals surface area (Å²) in [5, 5.41) is 1.13. The van der Waals surface area contributed by atoms with Crippen LogP contribution in [0.25, 0.3) is 16.5 Å². The highest BCUT2D eigenvalue weighted by Gasteiger charge is 2.03. The largest absolute Gasteiger partial charge is 0.456 e. The minimum Gasteiger partial charge on any atom is -0.456 e. The van der Waals surface area contributed by atoms with Crippen LogP contribution < -0.4 is 5.73 Å². The van der Waals surface area contributed by atoms with Crippen LogP contribution in [0.3, 0.4) is 0 Å². The molecule has 1 aromatic carbocycles. The molecule has 2 N–H and O–H groups in total. The van der Waals surface area contributed by atoms with Crippen LogP contribution in [0.15, 0.2) is 53.0 Å². The Morgan fingerprint density at radius 2 is 2.19 bits per heavy atom. The molecule has 1 heterocycles. The average molecular weight is 213 g/mol. The van der Waals surface area contributed by atoms with Crippen molar-refractivity contribution in [3.63, 3.8) is 0 Å². The highest BCUT2D eigenvalue weighted by atomic mass is 16.3. The lowest BCUT2D eigenvalue weighted by Crippen LogP contribution is -1.91. The summed E-state index contributed by atoms with van der Waals surface area (Å²) in [6.45, 7) is 2.59. The molecule has 0 amide bonds. The van der Waals surface area contributed by atoms with Crippen LogP contribution in [0.1, 0.15) is 12.7 Å². The molecule has 0 radical (unpaired) electrons. The van der Waals surface area contributed by atoms with Gasteiger partial charge in [-0.25, -0.2) is 0 Å². The summed E-state index contributed by atoms with van der Waals surface area (Å²) in [6.07, 6.45) is 5.86. The van der Waals surface area contributed by atoms with E-state index in [1.807, 2.05) is 49.4 Å². The molecule has 2 rings (SSSR count). The zero-order valence-corrected chi connectivity index (χ0v) is 9.31. The quantitative estimate of drug-likeness (QED) is 0.794. The topological polar surface area (TPSA) is 39.2 Å². The molecule has 2 heteroatoms. The lowest BCUT2D eigenvalue weighted by molar-refractivity contribution is 0.599. The zero-order chi connectivity index (χ0) is 11.4. The fourth-order valence-electron chi connectivity index (χ4n) is 1.55. The molecular weight excluding hydrogens is 198 g/mol. The van der Waals surface area contributed by atoms with Crippen molar-refractivity contribution in [3.05, 3.63) is 54.3 Å². The molecule has 0 unspecified atom stereocenters. The zero-order valence-electron chi connectivity index (χ0n) is 9.31. The Labute approximate surface area is 95.1 Å². The first kappa shape index (κ1) is 10.7. The number of benzene rings is 1. The number of furan rings is 1. The summed E-state index contributed by atoms with van der Waals surface area (Å²) in [5.41, 5.74) is 7.40. The van der Waals surface area contributed by atoms with Crippen LogP contribution in [-0.4, -0.2) is 6.54 Å². The number of nitrogens with two attached hydrogens (primary N) is 1. The Hall–Kier alpha value is -1.80.